The molecule has 0 radical (unpaired) electrons. The number of unbranched alkanes of at least 4 members (excludes halogenated alkanes) is 4. The van der Waals surface area contributed by atoms with Crippen molar-refractivity contribution in [1.29, 1.82) is 21.0 Å². The van der Waals surface area contributed by atoms with Crippen LogP contribution in [0, 0.1) is 45.3 Å². The summed E-state index contributed by atoms with van der Waals surface area (Å²) in [5, 5.41) is 31.3. The Hall–Kier alpha value is -0.837. The average Bonchev–Trinajstić information content (AvgIpc) is 2.53. The topological polar surface area (TPSA) is 95.2 Å². The Labute approximate surface area is 158 Å². The maximum atomic E-state index is 7.82. The fourth-order valence-electron chi connectivity index (χ4n) is 0.447. The number of hydrogen-bond acceptors (Lipinski definition) is 4. The van der Waals surface area contributed by atoms with E-state index >= 15 is 0 Å². The van der Waals surface area contributed by atoms with Crippen LogP contribution in [0.2, 0.25) is 0 Å². The standard InChI is InChI=1S/4C4H7N.2ClH.Ru/c4*1-2-3-4-5;;;/h4*2-3H2,1H3;2*1H;/q;;;;;;+2/p-2. The molecule has 0 amide bonds. The third-order valence-electron chi connectivity index (χ3n) is 1.45. The van der Waals surface area contributed by atoms with E-state index < -0.39 is 0 Å². The number of hydrogen-bond donors (Lipinski definition) is 0. The molecule has 0 fully saturated rings. The van der Waals surface area contributed by atoms with Crippen LogP contribution >= 0.6 is 19.4 Å². The van der Waals surface area contributed by atoms with Crippen molar-refractivity contribution in [3.8, 4) is 24.3 Å². The first-order valence-electron chi connectivity index (χ1n) is 7.40. The van der Waals surface area contributed by atoms with Gasteiger partial charge in [-0.1, -0.05) is 27.7 Å². The van der Waals surface area contributed by atoms with Crippen molar-refractivity contribution >= 4 is 19.4 Å². The SMILES string of the molecule is CCCC#N.CCCC#N.CCCC#N.CCCC#N.[Cl][Ru][Cl]. The van der Waals surface area contributed by atoms with Crippen molar-refractivity contribution in [2.75, 3.05) is 0 Å². The van der Waals surface area contributed by atoms with Crippen LogP contribution in [-0.2, 0) is 15.1 Å². The molecule has 0 bridgehead atoms. The zero-order valence-electron chi connectivity index (χ0n) is 14.6. The van der Waals surface area contributed by atoms with E-state index in [-0.39, 0.29) is 15.1 Å². The van der Waals surface area contributed by atoms with Crippen molar-refractivity contribution in [3.63, 3.8) is 0 Å². The molecule has 0 aromatic rings. The van der Waals surface area contributed by atoms with Gasteiger partial charge >= 0.3 is 34.5 Å². The van der Waals surface area contributed by atoms with Crippen LogP contribution < -0.4 is 0 Å². The second-order valence-corrected chi connectivity index (χ2v) is 6.32. The van der Waals surface area contributed by atoms with Gasteiger partial charge in [-0.2, -0.15) is 21.0 Å². The Bertz CT molecular complexity index is 261. The van der Waals surface area contributed by atoms with Crippen LogP contribution in [0.4, 0.5) is 0 Å². The predicted octanol–water partition coefficient (Wildman–Crippen LogP) is 6.62. The van der Waals surface area contributed by atoms with Gasteiger partial charge in [0.05, 0.1) is 24.3 Å². The third-order valence-corrected chi connectivity index (χ3v) is 1.45. The zero-order chi connectivity index (χ0) is 19.2. The maximum absolute atomic E-state index is 7.82. The summed E-state index contributed by atoms with van der Waals surface area (Å²) in [7, 11) is 9.71. The summed E-state index contributed by atoms with van der Waals surface area (Å²) in [5.74, 6) is 0. The second kappa shape index (κ2) is 58.2. The molecule has 0 rings (SSSR count). The number of halogens is 2. The van der Waals surface area contributed by atoms with E-state index in [9.17, 15) is 0 Å². The van der Waals surface area contributed by atoms with Crippen molar-refractivity contribution in [3.05, 3.63) is 0 Å². The summed E-state index contributed by atoms with van der Waals surface area (Å²) >= 11 is -0.346. The first-order chi connectivity index (χ1) is 11.1. The van der Waals surface area contributed by atoms with Gasteiger partial charge in [-0.15, -0.1) is 0 Å². The Morgan fingerprint density at radius 3 is 0.696 bits per heavy atom. The van der Waals surface area contributed by atoms with Gasteiger partial charge in [-0.05, 0) is 25.7 Å². The van der Waals surface area contributed by atoms with Gasteiger partial charge < -0.3 is 0 Å². The normalized spacial score (nSPS) is 6.52. The van der Waals surface area contributed by atoms with Crippen LogP contribution in [0.3, 0.4) is 0 Å². The van der Waals surface area contributed by atoms with Gasteiger partial charge in [0, 0.05) is 25.7 Å². The average molecular weight is 448 g/mol. The molecular formula is C16H28Cl2N4Ru. The molecule has 0 N–H and O–H groups in total. The molecule has 23 heavy (non-hydrogen) atoms. The molecule has 0 heterocycles. The molecule has 0 spiro atoms. The Balaban J connectivity index is -0.0000000593. The molecule has 0 saturated carbocycles. The minimum absolute atomic E-state index is 0.346. The summed E-state index contributed by atoms with van der Waals surface area (Å²) in [6.45, 7) is 7.96. The quantitative estimate of drug-likeness (QED) is 0.452. The molecule has 0 aromatic heterocycles. The van der Waals surface area contributed by atoms with Crippen LogP contribution in [0.25, 0.3) is 0 Å². The summed E-state index contributed by atoms with van der Waals surface area (Å²) < 4.78 is 0. The first kappa shape index (κ1) is 33.7. The summed E-state index contributed by atoms with van der Waals surface area (Å²) in [4.78, 5) is 0. The number of nitriles is 4. The fraction of sp³-hybridized carbons (Fsp3) is 0.750. The molecular weight excluding hydrogens is 420 g/mol. The summed E-state index contributed by atoms with van der Waals surface area (Å²) in [5.41, 5.74) is 0. The van der Waals surface area contributed by atoms with Gasteiger partial charge in [-0.3, -0.25) is 0 Å². The monoisotopic (exact) mass is 448 g/mol. The molecule has 4 nitrogen and oxygen atoms in total. The number of nitrogens with zero attached hydrogens (tertiary/aromatic N) is 4. The van der Waals surface area contributed by atoms with Gasteiger partial charge in [0.2, 0.25) is 0 Å². The Morgan fingerprint density at radius 1 is 0.565 bits per heavy atom. The van der Waals surface area contributed by atoms with Gasteiger partial charge in [-0.25, -0.2) is 0 Å². The van der Waals surface area contributed by atoms with E-state index in [1.165, 1.54) is 0 Å². The summed E-state index contributed by atoms with van der Waals surface area (Å²) in [6.07, 6.45) is 6.71. The van der Waals surface area contributed by atoms with E-state index in [4.69, 9.17) is 40.4 Å². The van der Waals surface area contributed by atoms with Crippen LogP contribution in [0.5, 0.6) is 0 Å². The fourth-order valence-corrected chi connectivity index (χ4v) is 0.447. The Kier molecular flexibility index (Phi) is 85.2. The van der Waals surface area contributed by atoms with Crippen molar-refractivity contribution in [2.24, 2.45) is 0 Å². The predicted molar refractivity (Wildman–Crippen MR) is 93.8 cm³/mol. The van der Waals surface area contributed by atoms with Gasteiger partial charge in [0.1, 0.15) is 0 Å². The van der Waals surface area contributed by atoms with Crippen LogP contribution in [0.15, 0.2) is 0 Å². The molecule has 0 saturated heterocycles. The minimum atomic E-state index is -0.346. The summed E-state index contributed by atoms with van der Waals surface area (Å²) in [6, 6.07) is 8.07. The van der Waals surface area contributed by atoms with Crippen molar-refractivity contribution in [2.45, 2.75) is 79.1 Å². The molecule has 0 aromatic carbocycles. The van der Waals surface area contributed by atoms with Gasteiger partial charge in [0.15, 0.2) is 0 Å². The molecule has 0 aliphatic carbocycles. The van der Waals surface area contributed by atoms with E-state index in [1.807, 2.05) is 52.0 Å². The molecule has 0 unspecified atom stereocenters. The molecule has 134 valence electrons. The Morgan fingerprint density at radius 2 is 0.696 bits per heavy atom. The van der Waals surface area contributed by atoms with Crippen LogP contribution in [-0.4, -0.2) is 0 Å². The second-order valence-electron chi connectivity index (χ2n) is 3.68. The molecule has 0 aliphatic rings. The first-order valence-corrected chi connectivity index (χ1v) is 11.9. The number of rotatable bonds is 4. The third kappa shape index (κ3) is 151. The molecule has 0 atom stereocenters. The molecule has 0 aliphatic heterocycles. The van der Waals surface area contributed by atoms with Crippen LogP contribution in [0.1, 0.15) is 79.1 Å². The zero-order valence-corrected chi connectivity index (χ0v) is 17.8. The van der Waals surface area contributed by atoms with E-state index in [0.717, 1.165) is 25.7 Å². The van der Waals surface area contributed by atoms with E-state index in [0.29, 0.717) is 25.7 Å². The van der Waals surface area contributed by atoms with Gasteiger partial charge in [0.25, 0.3) is 0 Å². The molecule has 7 heteroatoms. The van der Waals surface area contributed by atoms with E-state index in [2.05, 4.69) is 0 Å². The van der Waals surface area contributed by atoms with Crippen molar-refractivity contribution < 1.29 is 15.1 Å². The van der Waals surface area contributed by atoms with E-state index in [1.54, 1.807) is 0 Å². The van der Waals surface area contributed by atoms with Crippen molar-refractivity contribution in [1.82, 2.24) is 0 Å².